The van der Waals surface area contributed by atoms with Gasteiger partial charge in [-0.3, -0.25) is 67.1 Å². The van der Waals surface area contributed by atoms with Crippen LogP contribution < -0.4 is 26.6 Å². The van der Waals surface area contributed by atoms with Crippen molar-refractivity contribution < 1.29 is 129 Å². The molecule has 3 fully saturated rings. The fourth-order valence-corrected chi connectivity index (χ4v) is 18.1. The lowest BCUT2D eigenvalue weighted by atomic mass is 9.89. The minimum Gasteiger partial charge on any atom is -0.463 e. The molecule has 674 valence electrons. The molecule has 5 amide bonds. The van der Waals surface area contributed by atoms with E-state index in [0.717, 1.165) is 76.2 Å². The van der Waals surface area contributed by atoms with Crippen molar-refractivity contribution in [3.8, 4) is 0 Å². The zero-order valence-electron chi connectivity index (χ0n) is 71.8. The van der Waals surface area contributed by atoms with Crippen LogP contribution in [0.1, 0.15) is 230 Å². The molecular weight excluding hydrogens is 1610 g/mol. The van der Waals surface area contributed by atoms with Crippen molar-refractivity contribution in [2.75, 3.05) is 83.3 Å². The molecule has 3 heterocycles. The van der Waals surface area contributed by atoms with E-state index in [2.05, 4.69) is 26.6 Å². The van der Waals surface area contributed by atoms with Crippen LogP contribution in [0, 0.1) is 17.8 Å². The van der Waals surface area contributed by atoms with Crippen LogP contribution in [0.5, 0.6) is 0 Å². The Bertz CT molecular complexity index is 3030. The number of amides is 5. The van der Waals surface area contributed by atoms with Crippen LogP contribution in [0.4, 0.5) is 0 Å². The van der Waals surface area contributed by atoms with E-state index < -0.39 is 124 Å². The highest BCUT2D eigenvalue weighted by molar-refractivity contribution is 8.00. The molecule has 1 aromatic carbocycles. The first-order valence-electron chi connectivity index (χ1n) is 41.8. The fourth-order valence-electron chi connectivity index (χ4n) is 14.0. The van der Waals surface area contributed by atoms with Crippen LogP contribution >= 0.6 is 35.3 Å². The molecule has 3 aliphatic heterocycles. The molecule has 0 bridgehead atoms. The van der Waals surface area contributed by atoms with Gasteiger partial charge in [0.1, 0.15) is 96.5 Å². The van der Waals surface area contributed by atoms with Gasteiger partial charge >= 0.3 is 41.8 Å². The molecule has 0 saturated carbocycles. The van der Waals surface area contributed by atoms with Crippen molar-refractivity contribution in [3.63, 3.8) is 0 Å². The number of hydrogen-bond donors (Lipinski definition) is 5. The minimum atomic E-state index is -1.40. The van der Waals surface area contributed by atoms with Gasteiger partial charge in [-0.15, -0.1) is 35.3 Å². The Balaban J connectivity index is 1.36. The number of nitrogens with one attached hydrogen (secondary N) is 5. The van der Waals surface area contributed by atoms with Crippen molar-refractivity contribution in [2.24, 2.45) is 17.8 Å². The van der Waals surface area contributed by atoms with Gasteiger partial charge in [-0.05, 0) is 67.8 Å². The lowest BCUT2D eigenvalue weighted by Gasteiger charge is -2.44. The zero-order valence-corrected chi connectivity index (χ0v) is 74.2. The van der Waals surface area contributed by atoms with Gasteiger partial charge in [0.25, 0.3) is 0 Å². The second-order valence-electron chi connectivity index (χ2n) is 30.7. The topological polar surface area (TPSA) is 419 Å². The standard InChI is InChI=1S/C84H133N5O27S3/c1-54-75(86-57(4)90)81(114-69(48-107-60(7)93)78(54)111-63(10)96)117-44-27-18-13-15-24-33-67(99)37-41-104-51-84(89-73(102)35-30-36-74(103)110-47-66-31-22-21-23-32-66,52-105-42-38-68(100)34-25-16-14-19-28-45-118-82-76(87-58(5)91)55(2)79(112-64(11)97)70(115-82)49-108-61(8)94)53-106-43-39-72(101)85-40-26-17-20-29-46-119-83-77(88-59(6)92)56(3)80(113-65(12)98)71(116-83)50-109-62(9)95/h21-23,31-32,54-56,69-71,75-83H,13-20,24-30,33-53H2,1-12H3,(H,85,101)(H,86,90)(H,87,91)(H,88,92)(H,89,102). The molecule has 0 aromatic heterocycles. The van der Waals surface area contributed by atoms with E-state index in [1.165, 1.54) is 97.6 Å². The summed E-state index contributed by atoms with van der Waals surface area (Å²) in [5.41, 5.74) is -2.12. The van der Waals surface area contributed by atoms with Gasteiger partial charge in [-0.2, -0.15) is 0 Å². The summed E-state index contributed by atoms with van der Waals surface area (Å²) in [6.45, 7) is 16.9. The summed E-state index contributed by atoms with van der Waals surface area (Å²) in [5.74, 6) is -4.23. The second-order valence-corrected chi connectivity index (χ2v) is 34.4. The maximum atomic E-state index is 14.1. The number of unbranched alkanes of at least 4 members (excludes halogenated alkanes) is 11. The number of ether oxygens (including phenoxy) is 13. The summed E-state index contributed by atoms with van der Waals surface area (Å²) >= 11 is 4.54. The van der Waals surface area contributed by atoms with Crippen LogP contribution in [-0.2, 0) is 135 Å². The van der Waals surface area contributed by atoms with E-state index in [-0.39, 0.29) is 158 Å². The third-order valence-corrected chi connectivity index (χ3v) is 23.8. The SMILES string of the molecule is CC(=O)NC1C(SCCCCCCCC(=O)CCOCC(COCCC(=O)CCCCCCCSC2OC(COC(C)=O)C(OC(C)=O)C(C)C2NC(C)=O)(COCCC(=O)NCCCCCCSC2OC(COC(C)=O)C(OC(C)=O)C(C)C2NC(C)=O)NC(=O)CCCC(=O)OCc2ccccc2)OC(COC(C)=O)C(OC(C)=O)C1C. The van der Waals surface area contributed by atoms with Crippen molar-refractivity contribution in [2.45, 2.75) is 308 Å². The summed E-state index contributed by atoms with van der Waals surface area (Å²) in [5, 5.41) is 14.9. The van der Waals surface area contributed by atoms with E-state index in [9.17, 15) is 67.1 Å². The maximum absolute atomic E-state index is 14.1. The van der Waals surface area contributed by atoms with Gasteiger partial charge in [-0.1, -0.05) is 102 Å². The van der Waals surface area contributed by atoms with Crippen molar-refractivity contribution >= 4 is 118 Å². The number of carbonyl (C=O) groups is 14. The molecule has 3 aliphatic rings. The number of Topliss-reactive ketones (excluding diaryl/α,β-unsaturated/α-hetero) is 2. The normalized spacial score (nSPS) is 23.2. The summed E-state index contributed by atoms with van der Waals surface area (Å²) in [4.78, 5) is 175. The summed E-state index contributed by atoms with van der Waals surface area (Å²) in [6.07, 6.45) is 7.18. The van der Waals surface area contributed by atoms with Crippen molar-refractivity contribution in [1.82, 2.24) is 26.6 Å². The van der Waals surface area contributed by atoms with Crippen molar-refractivity contribution in [3.05, 3.63) is 35.9 Å². The average Bonchev–Trinajstić information content (AvgIpc) is 0.807. The highest BCUT2D eigenvalue weighted by Crippen LogP contribution is 2.38. The summed E-state index contributed by atoms with van der Waals surface area (Å²) in [7, 11) is 0. The third-order valence-electron chi connectivity index (χ3n) is 20.1. The molecule has 0 spiro atoms. The Kier molecular flexibility index (Phi) is 51.7. The van der Waals surface area contributed by atoms with Gasteiger partial charge in [0, 0.05) is 132 Å². The number of carbonyl (C=O) groups excluding carboxylic acids is 14. The lowest BCUT2D eigenvalue weighted by molar-refractivity contribution is -0.188. The fraction of sp³-hybridized carbons (Fsp3) is 0.762. The van der Waals surface area contributed by atoms with E-state index in [4.69, 9.17) is 61.6 Å². The molecule has 32 nitrogen and oxygen atoms in total. The number of rotatable bonds is 60. The molecule has 0 radical (unpaired) electrons. The van der Waals surface area contributed by atoms with E-state index >= 15 is 0 Å². The molecule has 35 heteroatoms. The van der Waals surface area contributed by atoms with E-state index in [0.29, 0.717) is 55.9 Å². The molecule has 15 unspecified atom stereocenters. The molecular formula is C84H133N5O27S3. The van der Waals surface area contributed by atoms with Crippen LogP contribution in [0.25, 0.3) is 0 Å². The first-order chi connectivity index (χ1) is 56.8. The Morgan fingerprint density at radius 2 is 0.731 bits per heavy atom. The number of esters is 7. The molecule has 4 rings (SSSR count). The molecule has 15 atom stereocenters. The predicted octanol–water partition coefficient (Wildman–Crippen LogP) is 8.75. The predicted molar refractivity (Wildman–Crippen MR) is 444 cm³/mol. The van der Waals surface area contributed by atoms with Gasteiger partial charge in [0.2, 0.25) is 29.5 Å². The van der Waals surface area contributed by atoms with Crippen LogP contribution in [0.3, 0.4) is 0 Å². The Morgan fingerprint density at radius 3 is 1.09 bits per heavy atom. The van der Waals surface area contributed by atoms with Gasteiger partial charge in [0.15, 0.2) is 0 Å². The van der Waals surface area contributed by atoms with Crippen LogP contribution in [0.2, 0.25) is 0 Å². The molecule has 5 N–H and O–H groups in total. The summed E-state index contributed by atoms with van der Waals surface area (Å²) in [6, 6.07) is 7.72. The molecule has 119 heavy (non-hydrogen) atoms. The maximum Gasteiger partial charge on any atom is 0.306 e. The van der Waals surface area contributed by atoms with E-state index in [1.807, 2.05) is 51.1 Å². The number of benzene rings is 1. The van der Waals surface area contributed by atoms with Gasteiger partial charge in [0.05, 0.1) is 57.8 Å². The lowest BCUT2D eigenvalue weighted by Crippen LogP contribution is -2.60. The third kappa shape index (κ3) is 44.1. The van der Waals surface area contributed by atoms with Crippen molar-refractivity contribution in [1.29, 1.82) is 0 Å². The quantitative estimate of drug-likeness (QED) is 0.0231. The van der Waals surface area contributed by atoms with Crippen LogP contribution in [-0.4, -0.2) is 243 Å². The Labute approximate surface area is 714 Å². The largest absolute Gasteiger partial charge is 0.463 e. The number of ketones is 2. The molecule has 0 aliphatic carbocycles. The molecule has 3 saturated heterocycles. The zero-order chi connectivity index (χ0) is 87.7. The second kappa shape index (κ2) is 58.9. The smallest absolute Gasteiger partial charge is 0.306 e. The number of thioether (sulfide) groups is 3. The Morgan fingerprint density at radius 1 is 0.378 bits per heavy atom. The van der Waals surface area contributed by atoms with Crippen LogP contribution in [0.15, 0.2) is 30.3 Å². The first kappa shape index (κ1) is 104. The number of hydrogen-bond acceptors (Lipinski definition) is 30. The molecule has 1 aromatic rings. The van der Waals surface area contributed by atoms with E-state index in [1.54, 1.807) is 0 Å². The highest BCUT2D eigenvalue weighted by Gasteiger charge is 2.50. The average molecular weight is 1740 g/mol. The minimum absolute atomic E-state index is 0.0115. The van der Waals surface area contributed by atoms with Gasteiger partial charge < -0.3 is 88.2 Å². The highest BCUT2D eigenvalue weighted by atomic mass is 32.2. The summed E-state index contributed by atoms with van der Waals surface area (Å²) < 4.78 is 75.7. The first-order valence-corrected chi connectivity index (χ1v) is 45.0. The monoisotopic (exact) mass is 1740 g/mol. The Hall–Kier alpha value is -6.99. The van der Waals surface area contributed by atoms with Gasteiger partial charge in [-0.25, -0.2) is 0 Å².